The first-order chi connectivity index (χ1) is 16.1. The van der Waals surface area contributed by atoms with Crippen LogP contribution in [-0.2, 0) is 0 Å². The number of nitrogens with zero attached hydrogens (tertiary/aromatic N) is 6. The van der Waals surface area contributed by atoms with Gasteiger partial charge in [-0.1, -0.05) is 12.1 Å². The maximum absolute atomic E-state index is 9.69. The van der Waals surface area contributed by atoms with E-state index < -0.39 is 0 Å². The summed E-state index contributed by atoms with van der Waals surface area (Å²) >= 11 is 0. The van der Waals surface area contributed by atoms with Crippen LogP contribution in [0.2, 0.25) is 0 Å². The number of rotatable bonds is 2. The van der Waals surface area contributed by atoms with Crippen molar-refractivity contribution in [1.29, 1.82) is 10.5 Å². The topological polar surface area (TPSA) is 69.7 Å². The fourth-order valence-corrected chi connectivity index (χ4v) is 6.52. The summed E-state index contributed by atoms with van der Waals surface area (Å²) in [7, 11) is 4.19. The molecule has 0 saturated heterocycles. The minimum atomic E-state index is 0.0493. The van der Waals surface area contributed by atoms with E-state index in [2.05, 4.69) is 90.3 Å². The number of aliphatic imine (C=N–C) groups is 1. The SMILES string of the molecule is C=CC1C(C2c3cc(C#N)ccc3C3N=CN(C)C32)c2cc(C#N)ccc2N2C=CN(C)C12. The second-order valence-electron chi connectivity index (χ2n) is 9.36. The molecule has 2 aromatic rings. The fourth-order valence-electron chi connectivity index (χ4n) is 6.52. The van der Waals surface area contributed by atoms with Gasteiger partial charge in [-0.3, -0.25) is 4.99 Å². The Morgan fingerprint density at radius 1 is 0.909 bits per heavy atom. The molecule has 0 spiro atoms. The Morgan fingerprint density at radius 2 is 1.64 bits per heavy atom. The van der Waals surface area contributed by atoms with Crippen LogP contribution < -0.4 is 4.90 Å². The molecule has 1 aliphatic carbocycles. The van der Waals surface area contributed by atoms with Gasteiger partial charge in [0.1, 0.15) is 6.17 Å². The van der Waals surface area contributed by atoms with Crippen molar-refractivity contribution in [3.05, 3.63) is 89.3 Å². The molecule has 162 valence electrons. The van der Waals surface area contributed by atoms with Gasteiger partial charge in [-0.25, -0.2) is 0 Å². The van der Waals surface area contributed by atoms with Crippen molar-refractivity contribution in [3.63, 3.8) is 0 Å². The third-order valence-corrected chi connectivity index (χ3v) is 7.84. The van der Waals surface area contributed by atoms with Gasteiger partial charge in [-0.15, -0.1) is 6.58 Å². The zero-order chi connectivity index (χ0) is 22.9. The van der Waals surface area contributed by atoms with E-state index in [4.69, 9.17) is 4.99 Å². The van der Waals surface area contributed by atoms with Crippen LogP contribution in [0.1, 0.15) is 45.7 Å². The molecule has 0 fully saturated rings. The van der Waals surface area contributed by atoms with E-state index in [0.717, 1.165) is 11.3 Å². The molecule has 33 heavy (non-hydrogen) atoms. The van der Waals surface area contributed by atoms with E-state index in [1.807, 2.05) is 18.5 Å². The van der Waals surface area contributed by atoms with E-state index in [0.29, 0.717) is 11.1 Å². The zero-order valence-electron chi connectivity index (χ0n) is 18.6. The second kappa shape index (κ2) is 6.98. The van der Waals surface area contributed by atoms with E-state index in [-0.39, 0.29) is 36.0 Å². The Balaban J connectivity index is 1.61. The van der Waals surface area contributed by atoms with Gasteiger partial charge in [-0.05, 0) is 47.0 Å². The number of hydrogen-bond donors (Lipinski definition) is 0. The third kappa shape index (κ3) is 2.55. The first-order valence-electron chi connectivity index (χ1n) is 11.2. The van der Waals surface area contributed by atoms with Crippen LogP contribution in [0.15, 0.2) is 66.4 Å². The van der Waals surface area contributed by atoms with Crippen LogP contribution in [0.3, 0.4) is 0 Å². The van der Waals surface area contributed by atoms with Gasteiger partial charge in [0.25, 0.3) is 0 Å². The van der Waals surface area contributed by atoms with Crippen LogP contribution in [-0.4, -0.2) is 42.4 Å². The lowest BCUT2D eigenvalue weighted by atomic mass is 9.68. The largest absolute Gasteiger partial charge is 0.360 e. The summed E-state index contributed by atoms with van der Waals surface area (Å²) in [6.07, 6.45) is 8.35. The lowest BCUT2D eigenvalue weighted by Crippen LogP contribution is -2.50. The predicted octanol–water partition coefficient (Wildman–Crippen LogP) is 4.06. The van der Waals surface area contributed by atoms with Crippen LogP contribution in [0.4, 0.5) is 5.69 Å². The molecular weight excluding hydrogens is 408 g/mol. The molecule has 6 unspecified atom stereocenters. The lowest BCUT2D eigenvalue weighted by Gasteiger charge is -2.48. The predicted molar refractivity (Wildman–Crippen MR) is 127 cm³/mol. The molecule has 6 atom stereocenters. The fraction of sp³-hybridized carbons (Fsp3) is 0.296. The average molecular weight is 433 g/mol. The monoisotopic (exact) mass is 432 g/mol. The van der Waals surface area contributed by atoms with Crippen LogP contribution in [0.25, 0.3) is 0 Å². The Kier molecular flexibility index (Phi) is 4.16. The first-order valence-corrected chi connectivity index (χ1v) is 11.2. The van der Waals surface area contributed by atoms with Gasteiger partial charge in [0.2, 0.25) is 0 Å². The minimum absolute atomic E-state index is 0.0493. The Morgan fingerprint density at radius 3 is 2.36 bits per heavy atom. The van der Waals surface area contributed by atoms with Crippen molar-refractivity contribution < 1.29 is 0 Å². The molecule has 0 N–H and O–H groups in total. The number of nitriles is 2. The molecule has 3 aliphatic heterocycles. The smallest absolute Gasteiger partial charge is 0.112 e. The Hall–Kier alpha value is -4.03. The number of likely N-dealkylation sites (N-methyl/N-ethyl adjacent to an activating group) is 1. The summed E-state index contributed by atoms with van der Waals surface area (Å²) < 4.78 is 0. The van der Waals surface area contributed by atoms with Gasteiger partial charge >= 0.3 is 0 Å². The van der Waals surface area contributed by atoms with E-state index in [1.54, 1.807) is 0 Å². The van der Waals surface area contributed by atoms with Crippen molar-refractivity contribution in [1.82, 2.24) is 9.80 Å². The van der Waals surface area contributed by atoms with Crippen molar-refractivity contribution in [3.8, 4) is 12.1 Å². The van der Waals surface area contributed by atoms with Crippen molar-refractivity contribution >= 4 is 12.0 Å². The summed E-state index contributed by atoms with van der Waals surface area (Å²) in [5.41, 5.74) is 6.02. The summed E-state index contributed by atoms with van der Waals surface area (Å²) in [6, 6.07) is 16.9. The maximum atomic E-state index is 9.69. The first kappa shape index (κ1) is 19.6. The van der Waals surface area contributed by atoms with E-state index in [9.17, 15) is 10.5 Å². The normalized spacial score (nSPS) is 30.4. The molecule has 2 aromatic carbocycles. The number of anilines is 1. The summed E-state index contributed by atoms with van der Waals surface area (Å²) in [5, 5.41) is 19.3. The number of hydrogen-bond acceptors (Lipinski definition) is 6. The molecule has 6 nitrogen and oxygen atoms in total. The highest BCUT2D eigenvalue weighted by molar-refractivity contribution is 5.68. The third-order valence-electron chi connectivity index (χ3n) is 7.84. The van der Waals surface area contributed by atoms with E-state index >= 15 is 0 Å². The van der Waals surface area contributed by atoms with E-state index in [1.165, 1.54) is 11.1 Å². The molecule has 0 aromatic heterocycles. The van der Waals surface area contributed by atoms with Crippen LogP contribution >= 0.6 is 0 Å². The minimum Gasteiger partial charge on any atom is -0.360 e. The van der Waals surface area contributed by atoms with Gasteiger partial charge < -0.3 is 14.7 Å². The van der Waals surface area contributed by atoms with Crippen molar-refractivity contribution in [2.75, 3.05) is 19.0 Å². The van der Waals surface area contributed by atoms with Gasteiger partial charge in [0, 0.05) is 49.9 Å². The highest BCUT2D eigenvalue weighted by atomic mass is 15.4. The Labute approximate surface area is 194 Å². The summed E-state index contributed by atoms with van der Waals surface area (Å²) in [6.45, 7) is 4.27. The van der Waals surface area contributed by atoms with Gasteiger partial charge in [0.05, 0.1) is 41.7 Å². The molecule has 0 bridgehead atoms. The molecular formula is C27H24N6. The second-order valence-corrected chi connectivity index (χ2v) is 9.36. The highest BCUT2D eigenvalue weighted by Crippen LogP contribution is 2.59. The molecule has 0 radical (unpaired) electrons. The highest BCUT2D eigenvalue weighted by Gasteiger charge is 2.54. The maximum Gasteiger partial charge on any atom is 0.112 e. The molecule has 4 aliphatic rings. The standard InChI is InChI=1S/C27H24N6/c1-4-18-23(21-12-17(14-29)6-8-22(21)33-10-9-31(2)27(18)33)24-20-11-16(13-28)5-7-19(20)25-26(24)32(3)15-30-25/h4-12,15,18,23-27H,1H2,2-3H3. The zero-order valence-corrected chi connectivity index (χ0v) is 18.6. The lowest BCUT2D eigenvalue weighted by molar-refractivity contribution is 0.203. The van der Waals surface area contributed by atoms with Gasteiger partial charge in [0.15, 0.2) is 0 Å². The van der Waals surface area contributed by atoms with Crippen LogP contribution in [0, 0.1) is 28.6 Å². The molecule has 3 heterocycles. The molecule has 6 rings (SSSR count). The summed E-state index contributed by atoms with van der Waals surface area (Å²) in [4.78, 5) is 11.6. The molecule has 6 heteroatoms. The Bertz CT molecular complexity index is 1310. The number of fused-ring (bicyclic) bond motifs is 6. The summed E-state index contributed by atoms with van der Waals surface area (Å²) in [5.74, 6) is 0.307. The van der Waals surface area contributed by atoms with Crippen molar-refractivity contribution in [2.24, 2.45) is 10.9 Å². The molecule has 0 amide bonds. The van der Waals surface area contributed by atoms with Crippen LogP contribution in [0.5, 0.6) is 0 Å². The average Bonchev–Trinajstić information content (AvgIpc) is 3.51. The van der Waals surface area contributed by atoms with Gasteiger partial charge in [-0.2, -0.15) is 10.5 Å². The number of benzene rings is 2. The quantitative estimate of drug-likeness (QED) is 0.670. The van der Waals surface area contributed by atoms with Crippen molar-refractivity contribution in [2.45, 2.75) is 30.1 Å². The molecule has 0 saturated carbocycles.